The fraction of sp³-hybridized carbons (Fsp3) is 0.941. The summed E-state index contributed by atoms with van der Waals surface area (Å²) < 4.78 is 51.0. The van der Waals surface area contributed by atoms with E-state index in [2.05, 4.69) is 10.6 Å². The Hall–Kier alpha value is -2.02. The van der Waals surface area contributed by atoms with Gasteiger partial charge in [-0.3, -0.25) is 9.59 Å². The van der Waals surface area contributed by atoms with Crippen molar-refractivity contribution < 1.29 is 129 Å². The largest absolute Gasteiger partial charge is 0.394 e. The number of nitrogens with one attached hydrogen (secondary N) is 2. The molecular formula is C34H58N2O26. The van der Waals surface area contributed by atoms with Crippen molar-refractivity contribution in [2.24, 2.45) is 0 Å². The Bertz CT molecular complexity index is 1440. The van der Waals surface area contributed by atoms with E-state index in [4.69, 9.17) is 42.6 Å². The molecule has 0 aromatic carbocycles. The zero-order chi connectivity index (χ0) is 45.9. The van der Waals surface area contributed by atoms with Crippen LogP contribution in [0, 0.1) is 0 Å². The fourth-order valence-corrected chi connectivity index (χ4v) is 7.83. The summed E-state index contributed by atoms with van der Waals surface area (Å²) in [5.74, 6) is -1.59. The van der Waals surface area contributed by atoms with Gasteiger partial charge in [-0.2, -0.15) is 0 Å². The molecule has 5 rings (SSSR count). The number of amides is 2. The van der Waals surface area contributed by atoms with Crippen LogP contribution >= 0.6 is 0 Å². The average Bonchev–Trinajstić information content (AvgIpc) is 3.23. The van der Waals surface area contributed by atoms with E-state index in [0.717, 1.165) is 13.8 Å². The van der Waals surface area contributed by atoms with Crippen molar-refractivity contribution in [3.63, 3.8) is 0 Å². The van der Waals surface area contributed by atoms with Crippen molar-refractivity contribution in [1.29, 1.82) is 0 Å². The molecule has 5 saturated heterocycles. The Morgan fingerprint density at radius 1 is 0.387 bits per heavy atom. The molecule has 5 aliphatic rings. The Morgan fingerprint density at radius 2 is 0.694 bits per heavy atom. The van der Waals surface area contributed by atoms with Crippen molar-refractivity contribution in [2.75, 3.05) is 33.0 Å². The van der Waals surface area contributed by atoms with E-state index in [9.17, 15) is 86.2 Å². The van der Waals surface area contributed by atoms with Crippen LogP contribution in [-0.4, -0.2) is 275 Å². The number of carbonyl (C=O) groups excluding carboxylic acids is 2. The van der Waals surface area contributed by atoms with Crippen LogP contribution in [0.5, 0.6) is 0 Å². The fourth-order valence-electron chi connectivity index (χ4n) is 7.83. The monoisotopic (exact) mass is 910 g/mol. The minimum absolute atomic E-state index is 0.791. The number of hydrogen-bond donors (Lipinski definition) is 17. The second kappa shape index (κ2) is 22.0. The molecule has 360 valence electrons. The molecule has 0 bridgehead atoms. The van der Waals surface area contributed by atoms with Crippen molar-refractivity contribution in [3.05, 3.63) is 0 Å². The van der Waals surface area contributed by atoms with Crippen LogP contribution in [0.25, 0.3) is 0 Å². The lowest BCUT2D eigenvalue weighted by molar-refractivity contribution is -0.383. The lowest BCUT2D eigenvalue weighted by Gasteiger charge is -2.50. The molecule has 2 amide bonds. The van der Waals surface area contributed by atoms with Crippen LogP contribution in [-0.2, 0) is 52.2 Å². The molecule has 0 unspecified atom stereocenters. The van der Waals surface area contributed by atoms with Gasteiger partial charge in [-0.1, -0.05) is 0 Å². The maximum atomic E-state index is 12.4. The third-order valence-electron chi connectivity index (χ3n) is 11.1. The molecule has 28 heteroatoms. The first-order chi connectivity index (χ1) is 29.3. The quantitative estimate of drug-likeness (QED) is 0.0725. The maximum absolute atomic E-state index is 12.4. The van der Waals surface area contributed by atoms with Gasteiger partial charge >= 0.3 is 0 Å². The number of aliphatic hydroxyl groups excluding tert-OH is 15. The third kappa shape index (κ3) is 10.8. The van der Waals surface area contributed by atoms with Gasteiger partial charge in [0.1, 0.15) is 122 Å². The number of ether oxygens (including phenoxy) is 9. The number of carbonyl (C=O) groups is 2. The van der Waals surface area contributed by atoms with Crippen LogP contribution in [0.4, 0.5) is 0 Å². The molecule has 28 nitrogen and oxygen atoms in total. The Labute approximate surface area is 351 Å². The van der Waals surface area contributed by atoms with Crippen molar-refractivity contribution >= 4 is 11.8 Å². The highest BCUT2D eigenvalue weighted by atomic mass is 16.8. The second-order valence-electron chi connectivity index (χ2n) is 15.4. The van der Waals surface area contributed by atoms with Crippen LogP contribution in [0.2, 0.25) is 0 Å². The van der Waals surface area contributed by atoms with Gasteiger partial charge in [0.25, 0.3) is 0 Å². The third-order valence-corrected chi connectivity index (χ3v) is 11.1. The molecule has 0 aromatic heterocycles. The summed E-state index contributed by atoms with van der Waals surface area (Å²) in [5, 5.41) is 162. The second-order valence-corrected chi connectivity index (χ2v) is 15.4. The average molecular weight is 911 g/mol. The molecule has 0 aromatic rings. The first-order valence-corrected chi connectivity index (χ1v) is 19.6. The van der Waals surface area contributed by atoms with Gasteiger partial charge in [-0.05, 0) is 0 Å². The zero-order valence-corrected chi connectivity index (χ0v) is 33.2. The van der Waals surface area contributed by atoms with Gasteiger partial charge in [0, 0.05) is 13.8 Å². The zero-order valence-electron chi connectivity index (χ0n) is 33.2. The van der Waals surface area contributed by atoms with Crippen LogP contribution in [0.1, 0.15) is 13.8 Å². The normalized spacial score (nSPS) is 49.0. The summed E-state index contributed by atoms with van der Waals surface area (Å²) in [5.41, 5.74) is 0. The van der Waals surface area contributed by atoms with Gasteiger partial charge in [-0.15, -0.1) is 0 Å². The molecule has 25 atom stereocenters. The van der Waals surface area contributed by atoms with E-state index < -0.39 is 198 Å². The summed E-state index contributed by atoms with van der Waals surface area (Å²) in [4.78, 5) is 24.7. The van der Waals surface area contributed by atoms with E-state index in [1.807, 2.05) is 0 Å². The number of rotatable bonds is 15. The SMILES string of the molecule is CC(=O)N[C@H]1[C@H](O[C@H]2[C@@H](O)[C@H](O[C@@H]3O[C@H](CO)[C@@H](O[C@@H]4O[C@H](CO)[C@H](O)[C@H](O)[C@H]4O)[C@H](O)[C@H]3NC(C)=O)[C@@H](CO)O[C@H]2O)O[C@H](CO)[C@@H](O[C@@H]2O[C@H](CO)[C@H](O)[C@H](O)[C@H]2O)[C@@H]1O. The molecule has 0 saturated carbocycles. The molecule has 5 fully saturated rings. The van der Waals surface area contributed by atoms with Crippen molar-refractivity contribution in [1.82, 2.24) is 10.6 Å². The standard InChI is InChI=1S/C34H58N2O26/c1-8(42)35-15-19(46)26(60-33-23(50)21(48)17(44)10(3-37)55-33)13(6-40)57-31(15)59-28-12(5-39)54-30(53)29(25(28)52)62-32-16(36-9(2)43)20(47)27(14(7-41)58-32)61-34-24(51)22(49)18(45)11(4-38)56-34/h10-34,37-41,44-53H,3-7H2,1-2H3,(H,35,42)(H,36,43)/t10-,11-,12-,13-,14-,15-,16-,17+,18+,19-,20-,21+,22+,23-,24-,25+,26-,27-,28-,29+,30-,31+,32+,33+,34+/m1/s1. The predicted octanol–water partition coefficient (Wildman–Crippen LogP) is -11.6. The predicted molar refractivity (Wildman–Crippen MR) is 190 cm³/mol. The van der Waals surface area contributed by atoms with Gasteiger partial charge < -0.3 is 130 Å². The van der Waals surface area contributed by atoms with E-state index in [0.29, 0.717) is 0 Å². The summed E-state index contributed by atoms with van der Waals surface area (Å²) in [6.45, 7) is -2.48. The number of aliphatic hydroxyl groups is 15. The van der Waals surface area contributed by atoms with Crippen LogP contribution < -0.4 is 10.6 Å². The molecule has 62 heavy (non-hydrogen) atoms. The molecule has 5 heterocycles. The van der Waals surface area contributed by atoms with E-state index in [1.54, 1.807) is 0 Å². The van der Waals surface area contributed by atoms with E-state index in [-0.39, 0.29) is 0 Å². The van der Waals surface area contributed by atoms with Gasteiger partial charge in [0.15, 0.2) is 31.5 Å². The topological polar surface area (TPSA) is 445 Å². The maximum Gasteiger partial charge on any atom is 0.217 e. The van der Waals surface area contributed by atoms with Gasteiger partial charge in [-0.25, -0.2) is 0 Å². The van der Waals surface area contributed by atoms with Gasteiger partial charge in [0.05, 0.1) is 33.0 Å². The van der Waals surface area contributed by atoms with Crippen LogP contribution in [0.3, 0.4) is 0 Å². The lowest BCUT2D eigenvalue weighted by Crippen LogP contribution is -2.70. The lowest BCUT2D eigenvalue weighted by atomic mass is 9.94. The molecule has 5 aliphatic heterocycles. The Balaban J connectivity index is 1.36. The summed E-state index contributed by atoms with van der Waals surface area (Å²) in [6, 6.07) is -3.36. The van der Waals surface area contributed by atoms with Crippen molar-refractivity contribution in [2.45, 2.75) is 167 Å². The molecule has 0 aliphatic carbocycles. The summed E-state index contributed by atoms with van der Waals surface area (Å²) in [6.07, 6.45) is -41.7. The molecule has 0 spiro atoms. The highest BCUT2D eigenvalue weighted by Gasteiger charge is 2.57. The minimum atomic E-state index is -2.14. The molecule has 0 radical (unpaired) electrons. The Kier molecular flexibility index (Phi) is 18.1. The summed E-state index contributed by atoms with van der Waals surface area (Å²) >= 11 is 0. The first kappa shape index (κ1) is 51.0. The smallest absolute Gasteiger partial charge is 0.217 e. The van der Waals surface area contributed by atoms with E-state index in [1.165, 1.54) is 0 Å². The van der Waals surface area contributed by atoms with Crippen molar-refractivity contribution in [3.8, 4) is 0 Å². The minimum Gasteiger partial charge on any atom is -0.394 e. The molecular weight excluding hydrogens is 852 g/mol. The highest BCUT2D eigenvalue weighted by molar-refractivity contribution is 5.73. The molecule has 17 N–H and O–H groups in total. The first-order valence-electron chi connectivity index (χ1n) is 19.6. The van der Waals surface area contributed by atoms with Gasteiger partial charge in [0.2, 0.25) is 11.8 Å². The van der Waals surface area contributed by atoms with Crippen LogP contribution in [0.15, 0.2) is 0 Å². The van der Waals surface area contributed by atoms with E-state index >= 15 is 0 Å². The number of hydrogen-bond acceptors (Lipinski definition) is 26. The Morgan fingerprint density at radius 3 is 1.05 bits per heavy atom. The summed E-state index contributed by atoms with van der Waals surface area (Å²) in [7, 11) is 0. The highest BCUT2D eigenvalue weighted by Crippen LogP contribution is 2.35.